The van der Waals surface area contributed by atoms with Gasteiger partial charge in [-0.05, 0) is 43.7 Å². The number of rotatable bonds is 5. The molecule has 0 saturated heterocycles. The summed E-state index contributed by atoms with van der Waals surface area (Å²) in [5.74, 6) is 0.0864. The van der Waals surface area contributed by atoms with Crippen LogP contribution in [0.5, 0.6) is 5.75 Å². The molecule has 0 N–H and O–H groups in total. The number of methoxy groups -OCH3 is 1. The van der Waals surface area contributed by atoms with E-state index in [9.17, 15) is 9.59 Å². The molecule has 0 fully saturated rings. The number of carbonyl (C=O) groups is 1. The number of benzene rings is 2. The third kappa shape index (κ3) is 4.08. The van der Waals surface area contributed by atoms with Crippen molar-refractivity contribution in [2.75, 3.05) is 13.7 Å². The first-order chi connectivity index (χ1) is 15.4. The first-order valence-corrected chi connectivity index (χ1v) is 11.6. The summed E-state index contributed by atoms with van der Waals surface area (Å²) in [7, 11) is 1.57. The zero-order valence-corrected chi connectivity index (χ0v) is 20.2. The van der Waals surface area contributed by atoms with Gasteiger partial charge in [-0.2, -0.15) is 0 Å². The zero-order valence-electron chi connectivity index (χ0n) is 17.8. The van der Waals surface area contributed by atoms with Crippen molar-refractivity contribution < 1.29 is 14.3 Å². The van der Waals surface area contributed by atoms with Crippen LogP contribution in [0, 0.1) is 0 Å². The molecule has 0 bridgehead atoms. The molecule has 2 aromatic carbocycles. The predicted molar refractivity (Wildman–Crippen MR) is 128 cm³/mol. The molecule has 1 aliphatic rings. The van der Waals surface area contributed by atoms with E-state index in [-0.39, 0.29) is 12.2 Å². The maximum Gasteiger partial charge on any atom is 0.338 e. The number of aromatic nitrogens is 1. The summed E-state index contributed by atoms with van der Waals surface area (Å²) in [5, 5.41) is 0. The number of ether oxygens (including phenoxy) is 2. The summed E-state index contributed by atoms with van der Waals surface area (Å²) in [6.45, 7) is 3.74. The number of esters is 1. The summed E-state index contributed by atoms with van der Waals surface area (Å²) in [5.41, 5.74) is 2.23. The number of halogens is 1. The lowest BCUT2D eigenvalue weighted by atomic mass is 9.95. The van der Waals surface area contributed by atoms with E-state index in [1.165, 1.54) is 11.3 Å². The molecule has 32 heavy (non-hydrogen) atoms. The highest BCUT2D eigenvalue weighted by Crippen LogP contribution is 2.35. The molecule has 2 heterocycles. The van der Waals surface area contributed by atoms with E-state index in [4.69, 9.17) is 9.47 Å². The van der Waals surface area contributed by atoms with Gasteiger partial charge in [0.05, 0.1) is 29.5 Å². The lowest BCUT2D eigenvalue weighted by molar-refractivity contribution is -0.139. The van der Waals surface area contributed by atoms with Gasteiger partial charge in [-0.3, -0.25) is 9.36 Å². The third-order valence-corrected chi connectivity index (χ3v) is 6.63. The molecule has 1 aliphatic heterocycles. The normalized spacial score (nSPS) is 15.9. The van der Waals surface area contributed by atoms with Crippen LogP contribution in [0.3, 0.4) is 0 Å². The van der Waals surface area contributed by atoms with Crippen LogP contribution in [0.2, 0.25) is 0 Å². The van der Waals surface area contributed by atoms with Gasteiger partial charge in [0, 0.05) is 10.0 Å². The van der Waals surface area contributed by atoms with Gasteiger partial charge in [-0.1, -0.05) is 57.6 Å². The van der Waals surface area contributed by atoms with Crippen LogP contribution in [-0.4, -0.2) is 24.3 Å². The second kappa shape index (κ2) is 9.26. The molecule has 0 aliphatic carbocycles. The summed E-state index contributed by atoms with van der Waals surface area (Å²) >= 11 is 4.72. The maximum atomic E-state index is 13.6. The number of carbonyl (C=O) groups excluding carboxylic acids is 1. The molecule has 1 atom stereocenters. The molecule has 3 aromatic rings. The average Bonchev–Trinajstić information content (AvgIpc) is 3.09. The number of hydrogen-bond acceptors (Lipinski definition) is 6. The Hall–Kier alpha value is -2.97. The highest BCUT2D eigenvalue weighted by Gasteiger charge is 2.34. The number of para-hydroxylation sites is 1. The average molecular weight is 513 g/mol. The summed E-state index contributed by atoms with van der Waals surface area (Å²) < 4.78 is 13.9. The van der Waals surface area contributed by atoms with E-state index in [1.807, 2.05) is 54.6 Å². The Bertz CT molecular complexity index is 1390. The molecule has 0 radical (unpaired) electrons. The van der Waals surface area contributed by atoms with E-state index in [0.29, 0.717) is 31.9 Å². The number of allylic oxidation sites excluding steroid dienone is 1. The number of thiazole rings is 1. The van der Waals surface area contributed by atoms with Crippen LogP contribution in [0.25, 0.3) is 6.08 Å². The molecular weight excluding hydrogens is 492 g/mol. The largest absolute Gasteiger partial charge is 0.496 e. The van der Waals surface area contributed by atoms with Crippen LogP contribution in [0.1, 0.15) is 31.0 Å². The van der Waals surface area contributed by atoms with Gasteiger partial charge in [0.15, 0.2) is 4.80 Å². The zero-order chi connectivity index (χ0) is 22.8. The number of fused-ring (bicyclic) bond motifs is 1. The Labute approximate surface area is 197 Å². The maximum absolute atomic E-state index is 13.6. The van der Waals surface area contributed by atoms with Crippen molar-refractivity contribution in [2.24, 2.45) is 4.99 Å². The summed E-state index contributed by atoms with van der Waals surface area (Å²) in [6.07, 6.45) is 1.83. The van der Waals surface area contributed by atoms with Crippen LogP contribution < -0.4 is 19.6 Å². The summed E-state index contributed by atoms with van der Waals surface area (Å²) in [4.78, 5) is 31.6. The van der Waals surface area contributed by atoms with E-state index in [2.05, 4.69) is 20.9 Å². The van der Waals surface area contributed by atoms with Crippen LogP contribution >= 0.6 is 27.3 Å². The van der Waals surface area contributed by atoms with Gasteiger partial charge in [-0.25, -0.2) is 9.79 Å². The topological polar surface area (TPSA) is 69.9 Å². The number of hydrogen-bond donors (Lipinski definition) is 0. The molecule has 0 saturated carbocycles. The van der Waals surface area contributed by atoms with Crippen LogP contribution in [-0.2, 0) is 9.53 Å². The Morgan fingerprint density at radius 1 is 1.22 bits per heavy atom. The van der Waals surface area contributed by atoms with E-state index in [1.54, 1.807) is 25.5 Å². The van der Waals surface area contributed by atoms with Crippen molar-refractivity contribution in [3.05, 3.63) is 95.1 Å². The molecule has 4 rings (SSSR count). The van der Waals surface area contributed by atoms with Crippen molar-refractivity contribution >= 4 is 39.3 Å². The minimum atomic E-state index is -0.700. The van der Waals surface area contributed by atoms with Crippen molar-refractivity contribution in [1.29, 1.82) is 0 Å². The second-order valence-electron chi connectivity index (χ2n) is 7.10. The fourth-order valence-electron chi connectivity index (χ4n) is 3.69. The SMILES string of the molecule is CCOC(=O)C1=C(C)N=c2sc(=Cc3ccc(Br)cc3)c(=O)n2C1c1ccccc1OC. The smallest absolute Gasteiger partial charge is 0.338 e. The monoisotopic (exact) mass is 512 g/mol. The molecule has 1 aromatic heterocycles. The molecule has 0 amide bonds. The molecule has 8 heteroatoms. The van der Waals surface area contributed by atoms with Crippen LogP contribution in [0.4, 0.5) is 0 Å². The Morgan fingerprint density at radius 3 is 2.62 bits per heavy atom. The van der Waals surface area contributed by atoms with Crippen molar-refractivity contribution in [1.82, 2.24) is 4.57 Å². The van der Waals surface area contributed by atoms with E-state index >= 15 is 0 Å². The fourth-order valence-corrected chi connectivity index (χ4v) is 5.00. The van der Waals surface area contributed by atoms with Gasteiger partial charge in [0.1, 0.15) is 11.8 Å². The first kappa shape index (κ1) is 22.2. The first-order valence-electron chi connectivity index (χ1n) is 10.0. The number of nitrogens with zero attached hydrogens (tertiary/aromatic N) is 2. The molecule has 164 valence electrons. The van der Waals surface area contributed by atoms with E-state index in [0.717, 1.165) is 10.0 Å². The lowest BCUT2D eigenvalue weighted by Crippen LogP contribution is -2.40. The molecule has 6 nitrogen and oxygen atoms in total. The Kier molecular flexibility index (Phi) is 6.43. The van der Waals surface area contributed by atoms with Gasteiger partial charge in [0.2, 0.25) is 0 Å². The fraction of sp³-hybridized carbons (Fsp3) is 0.208. The highest BCUT2D eigenvalue weighted by atomic mass is 79.9. The Morgan fingerprint density at radius 2 is 1.94 bits per heavy atom. The van der Waals surface area contributed by atoms with Crippen LogP contribution in [0.15, 0.2) is 74.1 Å². The van der Waals surface area contributed by atoms with Crippen molar-refractivity contribution in [3.63, 3.8) is 0 Å². The van der Waals surface area contributed by atoms with Crippen molar-refractivity contribution in [3.8, 4) is 5.75 Å². The Balaban J connectivity index is 1.98. The standard InChI is InChI=1S/C24H21BrN2O4S/c1-4-31-23(29)20-14(2)26-24-27(21(20)17-7-5-6-8-18(17)30-3)22(28)19(32-24)13-15-9-11-16(25)12-10-15/h5-13,21H,4H2,1-3H3. The highest BCUT2D eigenvalue weighted by molar-refractivity contribution is 9.10. The van der Waals surface area contributed by atoms with E-state index < -0.39 is 12.0 Å². The second-order valence-corrected chi connectivity index (χ2v) is 9.02. The molecule has 1 unspecified atom stereocenters. The van der Waals surface area contributed by atoms with Gasteiger partial charge >= 0.3 is 5.97 Å². The minimum absolute atomic E-state index is 0.220. The van der Waals surface area contributed by atoms with Crippen molar-refractivity contribution in [2.45, 2.75) is 19.9 Å². The van der Waals surface area contributed by atoms with Gasteiger partial charge in [-0.15, -0.1) is 0 Å². The molecular formula is C24H21BrN2O4S. The van der Waals surface area contributed by atoms with Gasteiger partial charge in [0.25, 0.3) is 5.56 Å². The molecule has 0 spiro atoms. The minimum Gasteiger partial charge on any atom is -0.496 e. The lowest BCUT2D eigenvalue weighted by Gasteiger charge is -2.25. The predicted octanol–water partition coefficient (Wildman–Crippen LogP) is 3.57. The summed E-state index contributed by atoms with van der Waals surface area (Å²) in [6, 6.07) is 14.4. The third-order valence-electron chi connectivity index (χ3n) is 5.12. The quantitative estimate of drug-likeness (QED) is 0.490. The van der Waals surface area contributed by atoms with Gasteiger partial charge < -0.3 is 9.47 Å².